The van der Waals surface area contributed by atoms with Crippen LogP contribution in [-0.4, -0.2) is 4.57 Å². The number of fused-ring (bicyclic) bond motifs is 6. The predicted molar refractivity (Wildman–Crippen MR) is 239 cm³/mol. The van der Waals surface area contributed by atoms with Crippen LogP contribution < -0.4 is 4.90 Å². The van der Waals surface area contributed by atoms with Crippen LogP contribution in [0, 0.1) is 5.82 Å². The average Bonchev–Trinajstić information content (AvgIpc) is 3.85. The molecule has 11 aromatic rings. The smallest absolute Gasteiger partial charge is 0.147 e. The summed E-state index contributed by atoms with van der Waals surface area (Å²) in [6, 6.07) is 72.7. The van der Waals surface area contributed by atoms with E-state index in [2.05, 4.69) is 173 Å². The molecule has 2 aromatic heterocycles. The van der Waals surface area contributed by atoms with Crippen LogP contribution >= 0.6 is 0 Å². The molecular formula is C54H35FN2O. The van der Waals surface area contributed by atoms with Crippen LogP contribution in [0.5, 0.6) is 0 Å². The quantitative estimate of drug-likeness (QED) is 0.162. The molecular weight excluding hydrogens is 712 g/mol. The first kappa shape index (κ1) is 33.6. The van der Waals surface area contributed by atoms with Crippen molar-refractivity contribution < 1.29 is 8.81 Å². The Balaban J connectivity index is 1.08. The van der Waals surface area contributed by atoms with Gasteiger partial charge in [-0.3, -0.25) is 0 Å². The molecule has 0 atom stereocenters. The van der Waals surface area contributed by atoms with E-state index in [1.54, 1.807) is 12.1 Å². The average molecular weight is 747 g/mol. The highest BCUT2D eigenvalue weighted by molar-refractivity contribution is 6.13. The number of hydrogen-bond donors (Lipinski definition) is 0. The summed E-state index contributed by atoms with van der Waals surface area (Å²) in [4.78, 5) is 2.27. The molecule has 274 valence electrons. The molecule has 0 saturated carbocycles. The minimum Gasteiger partial charge on any atom is -0.455 e. The van der Waals surface area contributed by atoms with Gasteiger partial charge in [-0.1, -0.05) is 164 Å². The second-order valence-corrected chi connectivity index (χ2v) is 14.6. The summed E-state index contributed by atoms with van der Waals surface area (Å²) in [5, 5.41) is 4.06. The molecule has 0 amide bonds. The SMILES string of the molecule is Fc1cccc2c3ccccc3n(-c3ccccc3N(c3ccc(-c4ccccc4)cc3)c3ccc(-c4cccc5c4oc4c(-c6ccccc6)cccc45)cc3)c12. The normalized spacial score (nSPS) is 11.5. The maximum atomic E-state index is 16.0. The number of rotatable bonds is 7. The lowest BCUT2D eigenvalue weighted by Gasteiger charge is -2.28. The Morgan fingerprint density at radius 3 is 1.53 bits per heavy atom. The minimum absolute atomic E-state index is 0.262. The van der Waals surface area contributed by atoms with Crippen molar-refractivity contribution in [2.24, 2.45) is 0 Å². The highest BCUT2D eigenvalue weighted by Crippen LogP contribution is 2.44. The van der Waals surface area contributed by atoms with Crippen molar-refractivity contribution in [3.8, 4) is 39.1 Å². The topological polar surface area (TPSA) is 21.3 Å². The molecule has 0 spiro atoms. The lowest BCUT2D eigenvalue weighted by Crippen LogP contribution is -2.13. The van der Waals surface area contributed by atoms with Gasteiger partial charge in [0.05, 0.1) is 22.4 Å². The molecule has 0 radical (unpaired) electrons. The highest BCUT2D eigenvalue weighted by Gasteiger charge is 2.22. The first-order valence-electron chi connectivity index (χ1n) is 19.5. The van der Waals surface area contributed by atoms with Gasteiger partial charge in [-0.05, 0) is 70.8 Å². The van der Waals surface area contributed by atoms with Gasteiger partial charge >= 0.3 is 0 Å². The van der Waals surface area contributed by atoms with Crippen molar-refractivity contribution >= 4 is 60.8 Å². The minimum atomic E-state index is -0.262. The van der Waals surface area contributed by atoms with Crippen molar-refractivity contribution in [2.45, 2.75) is 0 Å². The second kappa shape index (κ2) is 13.8. The van der Waals surface area contributed by atoms with Crippen LogP contribution in [0.25, 0.3) is 82.8 Å². The third kappa shape index (κ3) is 5.49. The summed E-state index contributed by atoms with van der Waals surface area (Å²) in [5.41, 5.74) is 13.5. The first-order valence-corrected chi connectivity index (χ1v) is 19.5. The van der Waals surface area contributed by atoms with Crippen LogP contribution in [-0.2, 0) is 0 Å². The van der Waals surface area contributed by atoms with Gasteiger partial charge in [0.2, 0.25) is 0 Å². The van der Waals surface area contributed by atoms with E-state index in [1.165, 1.54) is 0 Å². The molecule has 58 heavy (non-hydrogen) atoms. The largest absolute Gasteiger partial charge is 0.455 e. The number of halogens is 1. The molecule has 9 aromatic carbocycles. The van der Waals surface area contributed by atoms with Crippen molar-refractivity contribution in [1.29, 1.82) is 0 Å². The van der Waals surface area contributed by atoms with E-state index in [4.69, 9.17) is 4.42 Å². The molecule has 0 fully saturated rings. The van der Waals surface area contributed by atoms with E-state index < -0.39 is 0 Å². The maximum Gasteiger partial charge on any atom is 0.147 e. The van der Waals surface area contributed by atoms with Crippen molar-refractivity contribution in [3.63, 3.8) is 0 Å². The van der Waals surface area contributed by atoms with Gasteiger partial charge in [-0.25, -0.2) is 4.39 Å². The van der Waals surface area contributed by atoms with Gasteiger partial charge < -0.3 is 13.9 Å². The van der Waals surface area contributed by atoms with Crippen LogP contribution in [0.2, 0.25) is 0 Å². The van der Waals surface area contributed by atoms with Crippen molar-refractivity contribution in [3.05, 3.63) is 218 Å². The Kier molecular flexibility index (Phi) is 8.00. The van der Waals surface area contributed by atoms with Crippen LogP contribution in [0.15, 0.2) is 217 Å². The van der Waals surface area contributed by atoms with Gasteiger partial charge in [0.1, 0.15) is 17.0 Å². The van der Waals surface area contributed by atoms with Crippen molar-refractivity contribution in [1.82, 2.24) is 4.57 Å². The highest BCUT2D eigenvalue weighted by atomic mass is 19.1. The number of nitrogens with zero attached hydrogens (tertiary/aromatic N) is 2. The number of benzene rings is 9. The molecule has 0 bridgehead atoms. The Bertz CT molecular complexity index is 3270. The third-order valence-corrected chi connectivity index (χ3v) is 11.3. The van der Waals surface area contributed by atoms with Crippen molar-refractivity contribution in [2.75, 3.05) is 4.90 Å². The lowest BCUT2D eigenvalue weighted by molar-refractivity contribution is 0.635. The second-order valence-electron chi connectivity index (χ2n) is 14.6. The molecule has 0 aliphatic rings. The van der Waals surface area contributed by atoms with E-state index >= 15 is 4.39 Å². The van der Waals surface area contributed by atoms with E-state index in [0.717, 1.165) is 94.4 Å². The molecule has 3 nitrogen and oxygen atoms in total. The number of para-hydroxylation sites is 6. The fraction of sp³-hybridized carbons (Fsp3) is 0. The molecule has 4 heteroatoms. The number of furan rings is 1. The Labute approximate surface area is 335 Å². The fourth-order valence-electron chi connectivity index (χ4n) is 8.61. The monoisotopic (exact) mass is 746 g/mol. The van der Waals surface area contributed by atoms with Crippen LogP contribution in [0.4, 0.5) is 21.5 Å². The Morgan fingerprint density at radius 1 is 0.379 bits per heavy atom. The summed E-state index contributed by atoms with van der Waals surface area (Å²) in [6.45, 7) is 0. The number of aromatic nitrogens is 1. The Hall–Kier alpha value is -7.69. The standard InChI is InChI=1S/C54H35FN2O/c55-48-24-13-21-45-44-18-7-8-25-49(44)57(52(45)48)51-27-10-9-26-50(51)56(40-32-28-37(29-33-40)36-14-3-1-4-15-36)41-34-30-39(31-35-41)43-20-12-23-47-46-22-11-19-42(53(46)58-54(43)47)38-16-5-2-6-17-38/h1-35H. The summed E-state index contributed by atoms with van der Waals surface area (Å²) in [7, 11) is 0. The van der Waals surface area contributed by atoms with E-state index in [9.17, 15) is 0 Å². The van der Waals surface area contributed by atoms with Gasteiger partial charge in [0.25, 0.3) is 0 Å². The zero-order chi connectivity index (χ0) is 38.6. The zero-order valence-corrected chi connectivity index (χ0v) is 31.4. The van der Waals surface area contributed by atoms with E-state index in [0.29, 0.717) is 5.52 Å². The Morgan fingerprint density at radius 2 is 0.862 bits per heavy atom. The molecule has 0 unspecified atom stereocenters. The molecule has 0 saturated heterocycles. The number of hydrogen-bond acceptors (Lipinski definition) is 2. The van der Waals surface area contributed by atoms with Crippen LogP contribution in [0.1, 0.15) is 0 Å². The van der Waals surface area contributed by atoms with E-state index in [-0.39, 0.29) is 5.82 Å². The molecule has 0 aliphatic heterocycles. The van der Waals surface area contributed by atoms with Gasteiger partial charge in [-0.15, -0.1) is 0 Å². The summed E-state index contributed by atoms with van der Waals surface area (Å²) < 4.78 is 24.9. The summed E-state index contributed by atoms with van der Waals surface area (Å²) in [6.07, 6.45) is 0. The molecule has 11 rings (SSSR count). The zero-order valence-electron chi connectivity index (χ0n) is 31.4. The van der Waals surface area contributed by atoms with Crippen LogP contribution in [0.3, 0.4) is 0 Å². The molecule has 0 aliphatic carbocycles. The number of anilines is 3. The molecule has 0 N–H and O–H groups in total. The summed E-state index contributed by atoms with van der Waals surface area (Å²) >= 11 is 0. The van der Waals surface area contributed by atoms with E-state index in [1.807, 2.05) is 36.4 Å². The lowest BCUT2D eigenvalue weighted by atomic mass is 10.00. The van der Waals surface area contributed by atoms with Gasteiger partial charge in [0.15, 0.2) is 0 Å². The first-order chi connectivity index (χ1) is 28.7. The third-order valence-electron chi connectivity index (χ3n) is 11.3. The predicted octanol–water partition coefficient (Wildman–Crippen LogP) is 15.3. The maximum absolute atomic E-state index is 16.0. The fourth-order valence-corrected chi connectivity index (χ4v) is 8.61. The van der Waals surface area contributed by atoms with Gasteiger partial charge in [0, 0.05) is 44.0 Å². The molecule has 2 heterocycles. The summed E-state index contributed by atoms with van der Waals surface area (Å²) in [5.74, 6) is -0.262. The van der Waals surface area contributed by atoms with Gasteiger partial charge in [-0.2, -0.15) is 0 Å².